The topological polar surface area (TPSA) is 79.0 Å². The van der Waals surface area contributed by atoms with Crippen LogP contribution in [-0.2, 0) is 27.9 Å². The molecule has 3 rings (SSSR count). The van der Waals surface area contributed by atoms with Crippen molar-refractivity contribution in [1.29, 1.82) is 0 Å². The Morgan fingerprint density at radius 3 is 2.47 bits per heavy atom. The Kier molecular flexibility index (Phi) is 8.15. The molecule has 0 spiro atoms. The number of methoxy groups -OCH3 is 1. The molecule has 0 aromatic heterocycles. The van der Waals surface area contributed by atoms with Gasteiger partial charge in [-0.15, -0.1) is 0 Å². The molecule has 32 heavy (non-hydrogen) atoms. The lowest BCUT2D eigenvalue weighted by atomic mass is 10.1. The first kappa shape index (κ1) is 24.1. The van der Waals surface area contributed by atoms with Crippen LogP contribution in [0.25, 0.3) is 0 Å². The Balaban J connectivity index is 1.72. The third kappa shape index (κ3) is 6.23. The van der Waals surface area contributed by atoms with Gasteiger partial charge in [-0.1, -0.05) is 37.3 Å². The van der Waals surface area contributed by atoms with Gasteiger partial charge in [0.2, 0.25) is 15.9 Å². The van der Waals surface area contributed by atoms with Crippen molar-refractivity contribution in [3.63, 3.8) is 0 Å². The fraction of sp³-hybridized carbons (Fsp3) is 0.458. The van der Waals surface area contributed by atoms with E-state index in [9.17, 15) is 13.2 Å². The van der Waals surface area contributed by atoms with Gasteiger partial charge in [-0.25, -0.2) is 8.42 Å². The minimum atomic E-state index is -3.69. The largest absolute Gasteiger partial charge is 0.497 e. The smallest absolute Gasteiger partial charge is 0.244 e. The number of ether oxygens (including phenoxy) is 1. The predicted molar refractivity (Wildman–Crippen MR) is 127 cm³/mol. The zero-order chi connectivity index (χ0) is 23.1. The van der Waals surface area contributed by atoms with Crippen LogP contribution in [0.5, 0.6) is 5.75 Å². The van der Waals surface area contributed by atoms with Gasteiger partial charge in [0.25, 0.3) is 0 Å². The molecule has 1 amide bonds. The summed E-state index contributed by atoms with van der Waals surface area (Å²) < 4.78 is 31.6. The van der Waals surface area contributed by atoms with E-state index in [0.29, 0.717) is 24.4 Å². The fourth-order valence-corrected chi connectivity index (χ4v) is 5.36. The van der Waals surface area contributed by atoms with Crippen molar-refractivity contribution in [1.82, 2.24) is 10.2 Å². The average molecular weight is 460 g/mol. The molecule has 1 heterocycles. The third-order valence-electron chi connectivity index (χ3n) is 5.70. The average Bonchev–Trinajstić information content (AvgIpc) is 3.28. The van der Waals surface area contributed by atoms with Crippen LogP contribution < -0.4 is 14.4 Å². The minimum absolute atomic E-state index is 0.328. The van der Waals surface area contributed by atoms with Gasteiger partial charge in [0, 0.05) is 19.2 Å². The number of amides is 1. The van der Waals surface area contributed by atoms with Crippen LogP contribution in [0.15, 0.2) is 48.5 Å². The summed E-state index contributed by atoms with van der Waals surface area (Å²) in [5.74, 6) is 0.201. The Morgan fingerprint density at radius 2 is 1.81 bits per heavy atom. The minimum Gasteiger partial charge on any atom is -0.497 e. The summed E-state index contributed by atoms with van der Waals surface area (Å²) in [5, 5.41) is 2.93. The molecule has 1 saturated heterocycles. The van der Waals surface area contributed by atoms with Crippen molar-refractivity contribution in [2.24, 2.45) is 0 Å². The van der Waals surface area contributed by atoms with Crippen LogP contribution in [0, 0.1) is 0 Å². The summed E-state index contributed by atoms with van der Waals surface area (Å²) in [7, 11) is -2.17. The maximum Gasteiger partial charge on any atom is 0.244 e. The molecular formula is C24H33N3O4S. The molecule has 0 aliphatic carbocycles. The number of sulfonamides is 1. The number of likely N-dealkylation sites (tertiary alicyclic amines) is 1. The molecule has 2 aromatic carbocycles. The van der Waals surface area contributed by atoms with Crippen molar-refractivity contribution < 1.29 is 17.9 Å². The first-order valence-electron chi connectivity index (χ1n) is 11.0. The Hall–Kier alpha value is -2.58. The number of nitrogens with one attached hydrogen (secondary N) is 1. The molecule has 174 valence electrons. The number of anilines is 1. The number of nitrogens with zero attached hydrogens (tertiary/aromatic N) is 2. The van der Waals surface area contributed by atoms with Crippen LogP contribution in [0.3, 0.4) is 0 Å². The van der Waals surface area contributed by atoms with Crippen LogP contribution in [0.4, 0.5) is 5.69 Å². The van der Waals surface area contributed by atoms with Crippen LogP contribution in [0.2, 0.25) is 0 Å². The standard InChI is InChI=1S/C24H33N3O4S/c1-4-23(27(32(3,29)30)21-11-8-12-22(16-21)31-2)24(28)25-17-19-9-7-10-20(15-19)18-26-13-5-6-14-26/h7-12,15-16,23H,4-6,13-14,17-18H2,1-3H3,(H,25,28)/t23-/m1/s1. The number of carbonyl (C=O) groups excluding carboxylic acids is 1. The van der Waals surface area contributed by atoms with Crippen molar-refractivity contribution in [2.45, 2.75) is 45.3 Å². The molecule has 2 aromatic rings. The lowest BCUT2D eigenvalue weighted by molar-refractivity contribution is -0.122. The molecule has 0 saturated carbocycles. The van der Waals surface area contributed by atoms with Crippen molar-refractivity contribution in [3.05, 3.63) is 59.7 Å². The second kappa shape index (κ2) is 10.8. The molecule has 7 nitrogen and oxygen atoms in total. The molecule has 1 atom stereocenters. The van der Waals surface area contributed by atoms with E-state index in [1.165, 1.54) is 29.8 Å². The highest BCUT2D eigenvalue weighted by molar-refractivity contribution is 7.92. The van der Waals surface area contributed by atoms with Crippen molar-refractivity contribution in [2.75, 3.05) is 30.8 Å². The van der Waals surface area contributed by atoms with Crippen LogP contribution in [0.1, 0.15) is 37.3 Å². The zero-order valence-electron chi connectivity index (χ0n) is 19.1. The summed E-state index contributed by atoms with van der Waals surface area (Å²) in [6.45, 7) is 5.32. The zero-order valence-corrected chi connectivity index (χ0v) is 19.9. The lowest BCUT2D eigenvalue weighted by Gasteiger charge is -2.30. The van der Waals surface area contributed by atoms with Crippen molar-refractivity contribution in [3.8, 4) is 5.75 Å². The highest BCUT2D eigenvalue weighted by Gasteiger charge is 2.31. The normalized spacial score (nSPS) is 15.3. The van der Waals surface area contributed by atoms with Gasteiger partial charge in [0.15, 0.2) is 0 Å². The second-order valence-corrected chi connectivity index (χ2v) is 10.1. The van der Waals surface area contributed by atoms with E-state index in [1.807, 2.05) is 12.1 Å². The SMILES string of the molecule is CC[C@H](C(=O)NCc1cccc(CN2CCCC2)c1)N(c1cccc(OC)c1)S(C)(=O)=O. The Bertz CT molecular complexity index is 1020. The van der Waals surface area contributed by atoms with Gasteiger partial charge in [0.05, 0.1) is 19.1 Å². The summed E-state index contributed by atoms with van der Waals surface area (Å²) >= 11 is 0. The van der Waals surface area contributed by atoms with Gasteiger partial charge < -0.3 is 10.1 Å². The fourth-order valence-electron chi connectivity index (χ4n) is 4.15. The summed E-state index contributed by atoms with van der Waals surface area (Å²) in [5.41, 5.74) is 2.62. The maximum absolute atomic E-state index is 13.1. The van der Waals surface area contributed by atoms with Gasteiger partial charge in [-0.3, -0.25) is 14.0 Å². The van der Waals surface area contributed by atoms with Crippen LogP contribution >= 0.6 is 0 Å². The van der Waals surface area contributed by atoms with Gasteiger partial charge in [-0.05, 0) is 55.6 Å². The first-order valence-corrected chi connectivity index (χ1v) is 12.9. The number of hydrogen-bond donors (Lipinski definition) is 1. The molecule has 1 aliphatic heterocycles. The molecular weight excluding hydrogens is 426 g/mol. The first-order chi connectivity index (χ1) is 15.3. The Morgan fingerprint density at radius 1 is 1.12 bits per heavy atom. The number of hydrogen-bond acceptors (Lipinski definition) is 5. The summed E-state index contributed by atoms with van der Waals surface area (Å²) in [6.07, 6.45) is 3.95. The molecule has 0 bridgehead atoms. The highest BCUT2D eigenvalue weighted by Crippen LogP contribution is 2.26. The quantitative estimate of drug-likeness (QED) is 0.591. The maximum atomic E-state index is 13.1. The number of carbonyl (C=O) groups is 1. The van der Waals surface area contributed by atoms with E-state index in [1.54, 1.807) is 31.2 Å². The molecule has 1 aliphatic rings. The molecule has 8 heteroatoms. The van der Waals surface area contributed by atoms with Crippen LogP contribution in [-0.4, -0.2) is 51.7 Å². The lowest BCUT2D eigenvalue weighted by Crippen LogP contribution is -2.49. The van der Waals surface area contributed by atoms with E-state index in [-0.39, 0.29) is 5.91 Å². The van der Waals surface area contributed by atoms with E-state index >= 15 is 0 Å². The van der Waals surface area contributed by atoms with Gasteiger partial charge >= 0.3 is 0 Å². The second-order valence-electron chi connectivity index (χ2n) is 8.21. The predicted octanol–water partition coefficient (Wildman–Crippen LogP) is 3.15. The highest BCUT2D eigenvalue weighted by atomic mass is 32.2. The van der Waals surface area contributed by atoms with Gasteiger partial charge in [-0.2, -0.15) is 0 Å². The van der Waals surface area contributed by atoms with Crippen molar-refractivity contribution >= 4 is 21.6 Å². The molecule has 0 radical (unpaired) electrons. The van der Waals surface area contributed by atoms with Gasteiger partial charge in [0.1, 0.15) is 11.8 Å². The van der Waals surface area contributed by atoms with E-state index in [2.05, 4.69) is 22.3 Å². The number of rotatable bonds is 10. The molecule has 1 fully saturated rings. The monoisotopic (exact) mass is 459 g/mol. The molecule has 1 N–H and O–H groups in total. The van der Waals surface area contributed by atoms with E-state index < -0.39 is 16.1 Å². The molecule has 0 unspecified atom stereocenters. The summed E-state index contributed by atoms with van der Waals surface area (Å²) in [4.78, 5) is 15.5. The number of benzene rings is 2. The van der Waals surface area contributed by atoms with E-state index in [0.717, 1.165) is 31.5 Å². The van der Waals surface area contributed by atoms with E-state index in [4.69, 9.17) is 4.74 Å². The summed E-state index contributed by atoms with van der Waals surface area (Å²) in [6, 6.07) is 14.1. The third-order valence-corrected chi connectivity index (χ3v) is 6.88. The Labute approximate surface area is 191 Å².